The Bertz CT molecular complexity index is 946. The summed E-state index contributed by atoms with van der Waals surface area (Å²) >= 11 is 0. The van der Waals surface area contributed by atoms with Crippen LogP contribution in [0, 0.1) is 24.0 Å². The minimum Gasteiger partial charge on any atom is -0.350 e. The number of benzene rings is 1. The molecule has 0 atom stereocenters. The molecule has 1 amide bonds. The van der Waals surface area contributed by atoms with Gasteiger partial charge in [0.15, 0.2) is 0 Å². The van der Waals surface area contributed by atoms with Crippen LogP contribution >= 0.6 is 0 Å². The van der Waals surface area contributed by atoms with Crippen molar-refractivity contribution >= 4 is 11.6 Å². The Morgan fingerprint density at radius 3 is 2.52 bits per heavy atom. The largest absolute Gasteiger partial charge is 0.350 e. The number of hydrogen-bond acceptors (Lipinski definition) is 6. The molecule has 0 saturated heterocycles. The Morgan fingerprint density at radius 1 is 1.22 bits per heavy atom. The van der Waals surface area contributed by atoms with Crippen molar-refractivity contribution in [2.75, 3.05) is 0 Å². The highest BCUT2D eigenvalue weighted by Gasteiger charge is 2.22. The van der Waals surface area contributed by atoms with E-state index in [1.807, 2.05) is 24.3 Å². The third kappa shape index (κ3) is 4.35. The maximum absolute atomic E-state index is 12.1. The normalized spacial score (nSPS) is 10.7. The van der Waals surface area contributed by atoms with Gasteiger partial charge >= 0.3 is 5.69 Å². The lowest BCUT2D eigenvalue weighted by Gasteiger charge is -2.08. The molecule has 2 heterocycles. The molecule has 3 rings (SSSR count). The molecule has 0 bridgehead atoms. The number of carbonyl (C=O) groups is 1. The van der Waals surface area contributed by atoms with E-state index in [1.165, 1.54) is 11.0 Å². The predicted molar refractivity (Wildman–Crippen MR) is 95.8 cm³/mol. The van der Waals surface area contributed by atoms with Crippen LogP contribution in [0.15, 0.2) is 36.9 Å². The number of rotatable bonds is 7. The van der Waals surface area contributed by atoms with Crippen LogP contribution in [0.4, 0.5) is 5.69 Å². The van der Waals surface area contributed by atoms with Crippen molar-refractivity contribution < 1.29 is 9.72 Å². The number of aromatic nitrogens is 5. The van der Waals surface area contributed by atoms with Crippen LogP contribution in [0.3, 0.4) is 0 Å². The van der Waals surface area contributed by atoms with E-state index in [4.69, 9.17) is 0 Å². The van der Waals surface area contributed by atoms with Gasteiger partial charge in [0.1, 0.15) is 30.6 Å². The monoisotopic (exact) mass is 369 g/mol. The molecule has 0 saturated carbocycles. The Hall–Kier alpha value is -3.56. The molecule has 10 heteroatoms. The molecule has 1 aromatic carbocycles. The summed E-state index contributed by atoms with van der Waals surface area (Å²) in [5.74, 6) is -0.262. The first kappa shape index (κ1) is 18.2. The number of hydrogen-bond donors (Lipinski definition) is 1. The van der Waals surface area contributed by atoms with Gasteiger partial charge in [0.2, 0.25) is 5.91 Å². The summed E-state index contributed by atoms with van der Waals surface area (Å²) in [4.78, 5) is 26.6. The van der Waals surface area contributed by atoms with Gasteiger partial charge in [-0.15, -0.1) is 0 Å². The van der Waals surface area contributed by atoms with Crippen molar-refractivity contribution in [3.8, 4) is 0 Å². The zero-order valence-corrected chi connectivity index (χ0v) is 15.0. The van der Waals surface area contributed by atoms with Gasteiger partial charge < -0.3 is 5.32 Å². The Kier molecular flexibility index (Phi) is 5.25. The third-order valence-electron chi connectivity index (χ3n) is 4.14. The summed E-state index contributed by atoms with van der Waals surface area (Å²) in [6, 6.07) is 7.79. The predicted octanol–water partition coefficient (Wildman–Crippen LogP) is 1.36. The molecule has 10 nitrogen and oxygen atoms in total. The number of carbonyl (C=O) groups excluding carboxylic acids is 1. The third-order valence-corrected chi connectivity index (χ3v) is 4.14. The van der Waals surface area contributed by atoms with Gasteiger partial charge in [-0.2, -0.15) is 10.2 Å². The highest BCUT2D eigenvalue weighted by atomic mass is 16.6. The van der Waals surface area contributed by atoms with Crippen molar-refractivity contribution in [2.45, 2.75) is 33.5 Å². The molecule has 3 aromatic rings. The number of nitro groups is 1. The van der Waals surface area contributed by atoms with E-state index in [-0.39, 0.29) is 18.1 Å². The molecule has 0 aliphatic heterocycles. The molecule has 0 aliphatic carbocycles. The van der Waals surface area contributed by atoms with E-state index in [0.29, 0.717) is 24.5 Å². The van der Waals surface area contributed by atoms with Gasteiger partial charge in [-0.25, -0.2) is 9.67 Å². The van der Waals surface area contributed by atoms with Crippen LogP contribution in [0.2, 0.25) is 0 Å². The lowest BCUT2D eigenvalue weighted by molar-refractivity contribution is -0.386. The molecule has 1 N–H and O–H groups in total. The number of nitrogens with zero attached hydrogens (tertiary/aromatic N) is 6. The molecule has 0 spiro atoms. The molecule has 27 heavy (non-hydrogen) atoms. The van der Waals surface area contributed by atoms with Crippen molar-refractivity contribution in [2.24, 2.45) is 0 Å². The molecule has 2 aromatic heterocycles. The molecule has 0 fully saturated rings. The Morgan fingerprint density at radius 2 is 1.93 bits per heavy atom. The number of amides is 1. The van der Waals surface area contributed by atoms with Crippen LogP contribution in [0.25, 0.3) is 0 Å². The van der Waals surface area contributed by atoms with Gasteiger partial charge in [0.25, 0.3) is 0 Å². The van der Waals surface area contributed by atoms with E-state index in [2.05, 4.69) is 20.5 Å². The topological polar surface area (TPSA) is 121 Å². The minimum atomic E-state index is -0.479. The second-order valence-corrected chi connectivity index (χ2v) is 6.12. The maximum Gasteiger partial charge on any atom is 0.312 e. The second kappa shape index (κ2) is 7.77. The molecule has 0 aliphatic rings. The van der Waals surface area contributed by atoms with Gasteiger partial charge in [0, 0.05) is 6.54 Å². The molecule has 0 radical (unpaired) electrons. The summed E-state index contributed by atoms with van der Waals surface area (Å²) in [5.41, 5.74) is 2.64. The Labute approximate surface area is 155 Å². The zero-order chi connectivity index (χ0) is 19.4. The Balaban J connectivity index is 1.55. The van der Waals surface area contributed by atoms with Crippen molar-refractivity contribution in [1.29, 1.82) is 0 Å². The van der Waals surface area contributed by atoms with Gasteiger partial charge in [-0.05, 0) is 25.0 Å². The maximum atomic E-state index is 12.1. The highest BCUT2D eigenvalue weighted by Crippen LogP contribution is 2.21. The van der Waals surface area contributed by atoms with E-state index in [1.54, 1.807) is 24.9 Å². The first-order chi connectivity index (χ1) is 12.9. The van der Waals surface area contributed by atoms with Gasteiger partial charge in [0.05, 0.1) is 11.5 Å². The molecular weight excluding hydrogens is 350 g/mol. The fourth-order valence-electron chi connectivity index (χ4n) is 2.76. The fourth-order valence-corrected chi connectivity index (χ4v) is 2.76. The summed E-state index contributed by atoms with van der Waals surface area (Å²) < 4.78 is 3.08. The van der Waals surface area contributed by atoms with Gasteiger partial charge in [-0.3, -0.25) is 19.6 Å². The van der Waals surface area contributed by atoms with Crippen LogP contribution in [0.1, 0.15) is 22.5 Å². The summed E-state index contributed by atoms with van der Waals surface area (Å²) in [6.07, 6.45) is 3.14. The van der Waals surface area contributed by atoms with Crippen LogP contribution in [0.5, 0.6) is 0 Å². The van der Waals surface area contributed by atoms with E-state index >= 15 is 0 Å². The van der Waals surface area contributed by atoms with Crippen molar-refractivity contribution in [1.82, 2.24) is 29.9 Å². The standard InChI is InChI=1S/C17H19N7O3/c1-12-17(24(26)27)13(2)23(21-12)9-16(25)19-7-14-3-5-15(6-4-14)8-22-11-18-10-20-22/h3-6,10-11H,7-9H2,1-2H3,(H,19,25). The summed E-state index contributed by atoms with van der Waals surface area (Å²) in [6.45, 7) is 4.07. The average Bonchev–Trinajstić information content (AvgIpc) is 3.22. The summed E-state index contributed by atoms with van der Waals surface area (Å²) in [5, 5.41) is 22.0. The SMILES string of the molecule is Cc1nn(CC(=O)NCc2ccc(Cn3cncn3)cc2)c(C)c1[N+](=O)[O-]. The second-order valence-electron chi connectivity index (χ2n) is 6.12. The number of aryl methyl sites for hydroxylation is 1. The van der Waals surface area contributed by atoms with Crippen molar-refractivity contribution in [3.63, 3.8) is 0 Å². The minimum absolute atomic E-state index is 0.0502. The number of nitrogens with one attached hydrogen (secondary N) is 1. The molecular formula is C17H19N7O3. The summed E-state index contributed by atoms with van der Waals surface area (Å²) in [7, 11) is 0. The average molecular weight is 369 g/mol. The first-order valence-corrected chi connectivity index (χ1v) is 8.29. The molecule has 140 valence electrons. The van der Waals surface area contributed by atoms with E-state index < -0.39 is 4.92 Å². The zero-order valence-electron chi connectivity index (χ0n) is 15.0. The molecule has 0 unspecified atom stereocenters. The lowest BCUT2D eigenvalue weighted by Crippen LogP contribution is -2.28. The van der Waals surface area contributed by atoms with E-state index in [0.717, 1.165) is 11.1 Å². The van der Waals surface area contributed by atoms with Crippen LogP contribution in [-0.2, 0) is 24.4 Å². The van der Waals surface area contributed by atoms with Gasteiger partial charge in [-0.1, -0.05) is 24.3 Å². The van der Waals surface area contributed by atoms with Crippen LogP contribution < -0.4 is 5.32 Å². The van der Waals surface area contributed by atoms with E-state index in [9.17, 15) is 14.9 Å². The quantitative estimate of drug-likeness (QED) is 0.496. The van der Waals surface area contributed by atoms with Crippen LogP contribution in [-0.4, -0.2) is 35.4 Å². The smallest absolute Gasteiger partial charge is 0.312 e. The lowest BCUT2D eigenvalue weighted by atomic mass is 10.1. The fraction of sp³-hybridized carbons (Fsp3) is 0.294. The highest BCUT2D eigenvalue weighted by molar-refractivity contribution is 5.75. The van der Waals surface area contributed by atoms with Crippen molar-refractivity contribution in [3.05, 3.63) is 69.5 Å². The first-order valence-electron chi connectivity index (χ1n) is 8.29.